The fraction of sp³-hybridized carbons (Fsp3) is 0.643. The molecule has 0 aromatic carbocycles. The zero-order valence-corrected chi connectivity index (χ0v) is 12.7. The van der Waals surface area contributed by atoms with Gasteiger partial charge in [-0.05, 0) is 17.8 Å². The van der Waals surface area contributed by atoms with Crippen LogP contribution in [0.2, 0.25) is 0 Å². The van der Waals surface area contributed by atoms with E-state index in [0.717, 1.165) is 0 Å². The summed E-state index contributed by atoms with van der Waals surface area (Å²) in [7, 11) is 1.49. The van der Waals surface area contributed by atoms with E-state index in [1.165, 1.54) is 19.2 Å². The molecule has 0 fully saturated rings. The number of ether oxygens (including phenoxy) is 1. The molecule has 0 bridgehead atoms. The van der Waals surface area contributed by atoms with Gasteiger partial charge in [-0.25, -0.2) is 0 Å². The van der Waals surface area contributed by atoms with E-state index in [0.29, 0.717) is 30.2 Å². The number of hydrogen-bond donors (Lipinski definition) is 1. The van der Waals surface area contributed by atoms with Crippen LogP contribution in [0.25, 0.3) is 0 Å². The number of pyridine rings is 1. The van der Waals surface area contributed by atoms with Gasteiger partial charge in [0, 0.05) is 18.7 Å². The molecule has 1 aromatic rings. The fourth-order valence-electron chi connectivity index (χ4n) is 2.28. The summed E-state index contributed by atoms with van der Waals surface area (Å²) in [5, 5.41) is 14.1. The Morgan fingerprint density at radius 1 is 1.30 bits per heavy atom. The van der Waals surface area contributed by atoms with Gasteiger partial charge in [0.1, 0.15) is 0 Å². The van der Waals surface area contributed by atoms with Crippen molar-refractivity contribution in [2.75, 3.05) is 19.0 Å². The molecule has 0 aliphatic carbocycles. The van der Waals surface area contributed by atoms with E-state index in [1.807, 2.05) is 0 Å². The van der Waals surface area contributed by atoms with Gasteiger partial charge in [-0.2, -0.15) is 4.98 Å². The maximum Gasteiger partial charge on any atom is 0.311 e. The zero-order valence-electron chi connectivity index (χ0n) is 12.7. The van der Waals surface area contributed by atoms with E-state index >= 15 is 0 Å². The summed E-state index contributed by atoms with van der Waals surface area (Å²) < 4.78 is 5.02. The van der Waals surface area contributed by atoms with E-state index in [9.17, 15) is 10.1 Å². The van der Waals surface area contributed by atoms with Gasteiger partial charge in [0.15, 0.2) is 0 Å². The highest BCUT2D eigenvalue weighted by atomic mass is 16.6. The Labute approximate surface area is 119 Å². The highest BCUT2D eigenvalue weighted by Gasteiger charge is 2.21. The van der Waals surface area contributed by atoms with Crippen molar-refractivity contribution in [3.8, 4) is 5.88 Å². The molecule has 1 aromatic heterocycles. The van der Waals surface area contributed by atoms with E-state index < -0.39 is 4.92 Å². The van der Waals surface area contributed by atoms with Crippen LogP contribution in [0.5, 0.6) is 5.88 Å². The first-order valence-electron chi connectivity index (χ1n) is 6.80. The highest BCUT2D eigenvalue weighted by Crippen LogP contribution is 2.27. The third kappa shape index (κ3) is 4.08. The van der Waals surface area contributed by atoms with Crippen molar-refractivity contribution in [2.45, 2.75) is 27.7 Å². The molecule has 0 radical (unpaired) electrons. The van der Waals surface area contributed by atoms with Crippen LogP contribution in [0.4, 0.5) is 11.5 Å². The monoisotopic (exact) mass is 281 g/mol. The van der Waals surface area contributed by atoms with E-state index in [2.05, 4.69) is 38.0 Å². The normalized spacial score (nSPS) is 11.2. The molecule has 0 unspecified atom stereocenters. The van der Waals surface area contributed by atoms with E-state index in [4.69, 9.17) is 4.74 Å². The lowest BCUT2D eigenvalue weighted by atomic mass is 9.85. The maximum atomic E-state index is 11.0. The molecule has 0 saturated heterocycles. The topological polar surface area (TPSA) is 77.3 Å². The van der Waals surface area contributed by atoms with Crippen LogP contribution in [0, 0.1) is 27.9 Å². The van der Waals surface area contributed by atoms with Crippen LogP contribution in [-0.2, 0) is 0 Å². The molecule has 1 heterocycles. The molecule has 1 N–H and O–H groups in total. The van der Waals surface area contributed by atoms with E-state index in [1.54, 1.807) is 0 Å². The number of anilines is 1. The van der Waals surface area contributed by atoms with Crippen LogP contribution in [0.1, 0.15) is 27.7 Å². The minimum atomic E-state index is -0.436. The lowest BCUT2D eigenvalue weighted by molar-refractivity contribution is -0.384. The van der Waals surface area contributed by atoms with Crippen LogP contribution in [0.15, 0.2) is 12.1 Å². The number of nitro groups is 1. The first-order chi connectivity index (χ1) is 9.36. The van der Waals surface area contributed by atoms with Gasteiger partial charge < -0.3 is 10.1 Å². The summed E-state index contributed by atoms with van der Waals surface area (Å²) >= 11 is 0. The van der Waals surface area contributed by atoms with Crippen molar-refractivity contribution in [1.29, 1.82) is 0 Å². The Bertz CT molecular complexity index is 453. The van der Waals surface area contributed by atoms with Gasteiger partial charge in [0.25, 0.3) is 0 Å². The lowest BCUT2D eigenvalue weighted by Gasteiger charge is -2.25. The summed E-state index contributed by atoms with van der Waals surface area (Å²) in [6.45, 7) is 9.26. The quantitative estimate of drug-likeness (QED) is 0.612. The molecule has 0 amide bonds. The third-order valence-corrected chi connectivity index (χ3v) is 3.47. The Hall–Kier alpha value is -1.85. The van der Waals surface area contributed by atoms with Crippen LogP contribution in [0.3, 0.4) is 0 Å². The SMILES string of the molecule is COc1ccc([N+](=O)[O-])c(NCC(C(C)C)C(C)C)n1. The number of nitrogens with one attached hydrogen (secondary N) is 1. The van der Waals surface area contributed by atoms with Crippen molar-refractivity contribution in [2.24, 2.45) is 17.8 Å². The van der Waals surface area contributed by atoms with Crippen molar-refractivity contribution in [3.63, 3.8) is 0 Å². The van der Waals surface area contributed by atoms with E-state index in [-0.39, 0.29) is 11.5 Å². The molecule has 0 saturated carbocycles. The Balaban J connectivity index is 2.92. The fourth-order valence-corrected chi connectivity index (χ4v) is 2.28. The molecule has 6 nitrogen and oxygen atoms in total. The molecule has 0 atom stereocenters. The zero-order chi connectivity index (χ0) is 15.3. The third-order valence-electron chi connectivity index (χ3n) is 3.47. The van der Waals surface area contributed by atoms with Gasteiger partial charge in [-0.15, -0.1) is 0 Å². The molecule has 0 aliphatic heterocycles. The van der Waals surface area contributed by atoms with Crippen LogP contribution >= 0.6 is 0 Å². The summed E-state index contributed by atoms with van der Waals surface area (Å²) in [6.07, 6.45) is 0. The second-order valence-corrected chi connectivity index (χ2v) is 5.51. The van der Waals surface area contributed by atoms with Crippen molar-refractivity contribution in [3.05, 3.63) is 22.2 Å². The second kappa shape index (κ2) is 7.07. The number of rotatable bonds is 7. The molecule has 112 valence electrons. The van der Waals surface area contributed by atoms with Crippen LogP contribution < -0.4 is 10.1 Å². The van der Waals surface area contributed by atoms with Gasteiger partial charge in [0.05, 0.1) is 12.0 Å². The Kier molecular flexibility index (Phi) is 5.73. The summed E-state index contributed by atoms with van der Waals surface area (Å²) in [5.74, 6) is 2.03. The van der Waals surface area contributed by atoms with Gasteiger partial charge >= 0.3 is 5.69 Å². The summed E-state index contributed by atoms with van der Waals surface area (Å²) in [6, 6.07) is 2.90. The lowest BCUT2D eigenvalue weighted by Crippen LogP contribution is -2.25. The smallest absolute Gasteiger partial charge is 0.311 e. The predicted octanol–water partition coefficient (Wildman–Crippen LogP) is 3.34. The predicted molar refractivity (Wildman–Crippen MR) is 79.1 cm³/mol. The molecular formula is C14H23N3O3. The maximum absolute atomic E-state index is 11.0. The standard InChI is InChI=1S/C14H23N3O3/c1-9(2)11(10(3)4)8-15-14-12(17(18)19)6-7-13(16-14)20-5/h6-7,9-11H,8H2,1-5H3,(H,15,16). The average molecular weight is 281 g/mol. The number of aromatic nitrogens is 1. The van der Waals surface area contributed by atoms with Crippen LogP contribution in [-0.4, -0.2) is 23.6 Å². The first-order valence-corrected chi connectivity index (χ1v) is 6.80. The average Bonchev–Trinajstić information content (AvgIpc) is 2.37. The van der Waals surface area contributed by atoms with Gasteiger partial charge in [-0.3, -0.25) is 10.1 Å². The van der Waals surface area contributed by atoms with Crippen molar-refractivity contribution < 1.29 is 9.66 Å². The number of nitrogens with zero attached hydrogens (tertiary/aromatic N) is 2. The van der Waals surface area contributed by atoms with Gasteiger partial charge in [-0.1, -0.05) is 27.7 Å². The number of methoxy groups -OCH3 is 1. The highest BCUT2D eigenvalue weighted by molar-refractivity contribution is 5.57. The number of hydrogen-bond acceptors (Lipinski definition) is 5. The minimum Gasteiger partial charge on any atom is -0.481 e. The van der Waals surface area contributed by atoms with Crippen molar-refractivity contribution >= 4 is 11.5 Å². The largest absolute Gasteiger partial charge is 0.481 e. The molecule has 6 heteroatoms. The second-order valence-electron chi connectivity index (χ2n) is 5.51. The molecule has 0 aliphatic rings. The minimum absolute atomic E-state index is 0.0305. The molecular weight excluding hydrogens is 258 g/mol. The molecule has 20 heavy (non-hydrogen) atoms. The summed E-state index contributed by atoms with van der Waals surface area (Å²) in [4.78, 5) is 14.7. The molecule has 0 spiro atoms. The Morgan fingerprint density at radius 3 is 2.35 bits per heavy atom. The Morgan fingerprint density at radius 2 is 1.90 bits per heavy atom. The van der Waals surface area contributed by atoms with Gasteiger partial charge in [0.2, 0.25) is 11.7 Å². The molecule has 1 rings (SSSR count). The van der Waals surface area contributed by atoms with Crippen molar-refractivity contribution in [1.82, 2.24) is 4.98 Å². The summed E-state index contributed by atoms with van der Waals surface area (Å²) in [5.41, 5.74) is -0.0305. The first kappa shape index (κ1) is 16.2.